The van der Waals surface area contributed by atoms with Crippen molar-refractivity contribution in [2.45, 2.75) is 45.4 Å². The van der Waals surface area contributed by atoms with E-state index in [1.807, 2.05) is 0 Å². The van der Waals surface area contributed by atoms with Crippen LogP contribution in [0.15, 0.2) is 0 Å². The Hall–Kier alpha value is -0.0800. The summed E-state index contributed by atoms with van der Waals surface area (Å²) < 4.78 is 0. The van der Waals surface area contributed by atoms with E-state index in [2.05, 4.69) is 11.8 Å². The van der Waals surface area contributed by atoms with Crippen molar-refractivity contribution in [2.24, 2.45) is 5.92 Å². The van der Waals surface area contributed by atoms with Gasteiger partial charge in [-0.2, -0.15) is 0 Å². The van der Waals surface area contributed by atoms with Gasteiger partial charge < -0.3 is 10.0 Å². The van der Waals surface area contributed by atoms with Crippen molar-refractivity contribution in [1.82, 2.24) is 4.90 Å². The van der Waals surface area contributed by atoms with Gasteiger partial charge in [0.05, 0.1) is 0 Å². The summed E-state index contributed by atoms with van der Waals surface area (Å²) in [5.74, 6) is 0.965. The van der Waals surface area contributed by atoms with Crippen LogP contribution in [-0.4, -0.2) is 36.2 Å². The molecule has 1 N–H and O–H groups in total. The van der Waals surface area contributed by atoms with Crippen molar-refractivity contribution in [2.75, 3.05) is 26.2 Å². The van der Waals surface area contributed by atoms with Gasteiger partial charge in [0.2, 0.25) is 0 Å². The van der Waals surface area contributed by atoms with Gasteiger partial charge in [-0.3, -0.25) is 0 Å². The van der Waals surface area contributed by atoms with Gasteiger partial charge in [-0.05, 0) is 38.3 Å². The molecule has 1 heterocycles. The van der Waals surface area contributed by atoms with Crippen LogP contribution in [0.5, 0.6) is 0 Å². The first-order chi connectivity index (χ1) is 6.86. The van der Waals surface area contributed by atoms with Crippen LogP contribution in [0.25, 0.3) is 0 Å². The molecule has 1 saturated heterocycles. The quantitative estimate of drug-likeness (QED) is 0.636. The lowest BCUT2D eigenvalue weighted by Crippen LogP contribution is -2.21. The summed E-state index contributed by atoms with van der Waals surface area (Å²) in [7, 11) is 0. The molecule has 1 unspecified atom stereocenters. The molecule has 0 aliphatic carbocycles. The molecule has 14 heavy (non-hydrogen) atoms. The summed E-state index contributed by atoms with van der Waals surface area (Å²) in [5.41, 5.74) is 0. The molecule has 0 saturated carbocycles. The summed E-state index contributed by atoms with van der Waals surface area (Å²) >= 11 is 0. The van der Waals surface area contributed by atoms with E-state index >= 15 is 0 Å². The molecule has 0 aromatic rings. The summed E-state index contributed by atoms with van der Waals surface area (Å²) in [5, 5.41) is 8.63. The van der Waals surface area contributed by atoms with Gasteiger partial charge in [-0.25, -0.2) is 0 Å². The minimum Gasteiger partial charge on any atom is -0.396 e. The smallest absolute Gasteiger partial charge is 0.0431 e. The van der Waals surface area contributed by atoms with Crippen molar-refractivity contribution in [1.29, 1.82) is 0 Å². The first-order valence-corrected chi connectivity index (χ1v) is 6.20. The van der Waals surface area contributed by atoms with E-state index < -0.39 is 0 Å². The van der Waals surface area contributed by atoms with E-state index in [4.69, 9.17) is 5.11 Å². The van der Waals surface area contributed by atoms with Crippen molar-refractivity contribution in [3.8, 4) is 0 Å². The van der Waals surface area contributed by atoms with Gasteiger partial charge in [0.15, 0.2) is 0 Å². The fourth-order valence-electron chi connectivity index (χ4n) is 2.25. The number of unbranched alkanes of at least 4 members (excludes halogenated alkanes) is 3. The normalized spacial score (nSPS) is 23.1. The van der Waals surface area contributed by atoms with Crippen LogP contribution in [0.2, 0.25) is 0 Å². The Balaban J connectivity index is 1.92. The lowest BCUT2D eigenvalue weighted by Gasteiger charge is -2.15. The first kappa shape index (κ1) is 12.0. The molecule has 2 heteroatoms. The molecule has 0 radical (unpaired) electrons. The van der Waals surface area contributed by atoms with Crippen molar-refractivity contribution in [3.05, 3.63) is 0 Å². The molecular weight excluding hydrogens is 174 g/mol. The maximum absolute atomic E-state index is 8.63. The number of likely N-dealkylation sites (tertiary alicyclic amines) is 1. The Labute approximate surface area is 88.3 Å². The number of hydrogen-bond donors (Lipinski definition) is 1. The van der Waals surface area contributed by atoms with Gasteiger partial charge in [-0.15, -0.1) is 0 Å². The van der Waals surface area contributed by atoms with Gasteiger partial charge in [0, 0.05) is 13.2 Å². The van der Waals surface area contributed by atoms with Crippen LogP contribution < -0.4 is 0 Å². The van der Waals surface area contributed by atoms with E-state index in [-0.39, 0.29) is 0 Å². The second kappa shape index (κ2) is 7.24. The molecule has 0 aromatic heterocycles. The molecule has 1 aliphatic rings. The highest BCUT2D eigenvalue weighted by Crippen LogP contribution is 2.19. The van der Waals surface area contributed by atoms with Crippen molar-refractivity contribution < 1.29 is 5.11 Å². The third-order valence-corrected chi connectivity index (χ3v) is 3.33. The van der Waals surface area contributed by atoms with E-state index in [0.29, 0.717) is 6.61 Å². The van der Waals surface area contributed by atoms with E-state index in [0.717, 1.165) is 12.3 Å². The molecule has 1 atom stereocenters. The maximum atomic E-state index is 8.63. The van der Waals surface area contributed by atoms with E-state index in [9.17, 15) is 0 Å². The number of rotatable bonds is 7. The highest BCUT2D eigenvalue weighted by Gasteiger charge is 2.19. The second-order valence-electron chi connectivity index (χ2n) is 4.50. The lowest BCUT2D eigenvalue weighted by atomic mass is 10.1. The van der Waals surface area contributed by atoms with Gasteiger partial charge in [0.1, 0.15) is 0 Å². The van der Waals surface area contributed by atoms with Gasteiger partial charge in [-0.1, -0.05) is 26.2 Å². The first-order valence-electron chi connectivity index (χ1n) is 6.20. The molecule has 0 amide bonds. The molecule has 2 nitrogen and oxygen atoms in total. The van der Waals surface area contributed by atoms with Crippen LogP contribution in [0.1, 0.15) is 45.4 Å². The number of nitrogens with zero attached hydrogens (tertiary/aromatic N) is 1. The third kappa shape index (κ3) is 4.43. The Bertz CT molecular complexity index is 138. The molecular formula is C12H25NO. The second-order valence-corrected chi connectivity index (χ2v) is 4.50. The fourth-order valence-corrected chi connectivity index (χ4v) is 2.25. The van der Waals surface area contributed by atoms with Crippen LogP contribution in [0.4, 0.5) is 0 Å². The highest BCUT2D eigenvalue weighted by atomic mass is 16.2. The Morgan fingerprint density at radius 3 is 2.64 bits per heavy atom. The molecule has 84 valence electrons. The number of aliphatic hydroxyl groups excluding tert-OH is 1. The zero-order valence-corrected chi connectivity index (χ0v) is 9.54. The predicted octanol–water partition coefficient (Wildman–Crippen LogP) is 2.27. The summed E-state index contributed by atoms with van der Waals surface area (Å²) in [6.45, 7) is 6.59. The number of aliphatic hydroxyl groups is 1. The molecule has 1 rings (SSSR count). The van der Waals surface area contributed by atoms with Crippen LogP contribution >= 0.6 is 0 Å². The largest absolute Gasteiger partial charge is 0.396 e. The standard InChI is InChI=1S/C12H25NO/c1-2-12-7-9-13(11-12)8-5-3-4-6-10-14/h12,14H,2-11H2,1H3. The Morgan fingerprint density at radius 2 is 2.00 bits per heavy atom. The van der Waals surface area contributed by atoms with Gasteiger partial charge >= 0.3 is 0 Å². The average Bonchev–Trinajstić information content (AvgIpc) is 2.65. The molecule has 0 spiro atoms. The molecule has 1 fully saturated rings. The van der Waals surface area contributed by atoms with Crippen LogP contribution in [0.3, 0.4) is 0 Å². The van der Waals surface area contributed by atoms with Gasteiger partial charge in [0.25, 0.3) is 0 Å². The zero-order chi connectivity index (χ0) is 10.2. The highest BCUT2D eigenvalue weighted by molar-refractivity contribution is 4.74. The monoisotopic (exact) mass is 199 g/mol. The SMILES string of the molecule is CCC1CCN(CCCCCCO)C1. The van der Waals surface area contributed by atoms with E-state index in [1.54, 1.807) is 0 Å². The van der Waals surface area contributed by atoms with Crippen LogP contribution in [-0.2, 0) is 0 Å². The minimum atomic E-state index is 0.363. The summed E-state index contributed by atoms with van der Waals surface area (Å²) in [6, 6.07) is 0. The number of hydrogen-bond acceptors (Lipinski definition) is 2. The lowest BCUT2D eigenvalue weighted by molar-refractivity contribution is 0.276. The minimum absolute atomic E-state index is 0.363. The molecule has 0 aromatic carbocycles. The topological polar surface area (TPSA) is 23.5 Å². The zero-order valence-electron chi connectivity index (χ0n) is 9.54. The summed E-state index contributed by atoms with van der Waals surface area (Å²) in [4.78, 5) is 2.60. The van der Waals surface area contributed by atoms with Crippen molar-refractivity contribution >= 4 is 0 Å². The average molecular weight is 199 g/mol. The fraction of sp³-hybridized carbons (Fsp3) is 1.00. The summed E-state index contributed by atoms with van der Waals surface area (Å²) in [6.07, 6.45) is 7.54. The van der Waals surface area contributed by atoms with E-state index in [1.165, 1.54) is 51.7 Å². The van der Waals surface area contributed by atoms with Crippen molar-refractivity contribution in [3.63, 3.8) is 0 Å². The maximum Gasteiger partial charge on any atom is 0.0431 e. The Morgan fingerprint density at radius 1 is 1.21 bits per heavy atom. The van der Waals surface area contributed by atoms with Crippen LogP contribution in [0, 0.1) is 5.92 Å². The third-order valence-electron chi connectivity index (χ3n) is 3.33. The Kier molecular flexibility index (Phi) is 6.20. The molecule has 0 bridgehead atoms. The predicted molar refractivity (Wildman–Crippen MR) is 60.4 cm³/mol. The molecule has 1 aliphatic heterocycles.